The molecule has 0 saturated heterocycles. The van der Waals surface area contributed by atoms with Gasteiger partial charge < -0.3 is 21.3 Å². The van der Waals surface area contributed by atoms with E-state index in [4.69, 9.17) is 15.9 Å². The summed E-state index contributed by atoms with van der Waals surface area (Å²) in [5.74, 6) is -1.64. The van der Waals surface area contributed by atoms with Crippen molar-refractivity contribution in [3.63, 3.8) is 0 Å². The number of nitrogens with two attached hydrogens (primary N) is 1. The molecule has 0 radical (unpaired) electrons. The summed E-state index contributed by atoms with van der Waals surface area (Å²) in [5, 5.41) is 20.6. The molecule has 2 aromatic rings. The monoisotopic (exact) mass is 295 g/mol. The predicted octanol–water partition coefficient (Wildman–Crippen LogP) is 0.444. The van der Waals surface area contributed by atoms with Crippen LogP contribution in [0.5, 0.6) is 0 Å². The van der Waals surface area contributed by atoms with Crippen molar-refractivity contribution in [2.75, 3.05) is 12.3 Å². The number of carboxylic acids is 1. The molecule has 0 saturated carbocycles. The lowest BCUT2D eigenvalue weighted by molar-refractivity contribution is -0.146. The predicted molar refractivity (Wildman–Crippen MR) is 74.6 cm³/mol. The van der Waals surface area contributed by atoms with E-state index in [-0.39, 0.29) is 18.9 Å². The molecule has 0 aliphatic carbocycles. The van der Waals surface area contributed by atoms with E-state index in [2.05, 4.69) is 10.3 Å². The molecule has 2 rings (SSSR count). The molecule has 20 heavy (non-hydrogen) atoms. The van der Waals surface area contributed by atoms with Gasteiger partial charge in [-0.05, 0) is 18.2 Å². The van der Waals surface area contributed by atoms with Crippen molar-refractivity contribution in [3.8, 4) is 0 Å². The summed E-state index contributed by atoms with van der Waals surface area (Å²) in [7, 11) is 0. The number of benzene rings is 1. The summed E-state index contributed by atoms with van der Waals surface area (Å²) >= 11 is 1.29. The first-order valence-electron chi connectivity index (χ1n) is 5.82. The van der Waals surface area contributed by atoms with Gasteiger partial charge in [0.2, 0.25) is 0 Å². The minimum absolute atomic E-state index is 0.0448. The van der Waals surface area contributed by atoms with Crippen molar-refractivity contribution < 1.29 is 19.8 Å². The Kier molecular flexibility index (Phi) is 4.16. The van der Waals surface area contributed by atoms with Gasteiger partial charge >= 0.3 is 5.97 Å². The topological polar surface area (TPSA) is 126 Å². The van der Waals surface area contributed by atoms with Crippen molar-refractivity contribution in [2.45, 2.75) is 12.5 Å². The third-order valence-corrected chi connectivity index (χ3v) is 3.50. The zero-order valence-corrected chi connectivity index (χ0v) is 11.2. The fraction of sp³-hybridized carbons (Fsp3) is 0.250. The van der Waals surface area contributed by atoms with Crippen LogP contribution >= 0.6 is 11.3 Å². The SMILES string of the molecule is Nc1nc2ccc(C(=O)NCCC(O)C(=O)O)cc2s1. The summed E-state index contributed by atoms with van der Waals surface area (Å²) in [6.07, 6.45) is -1.52. The Labute approximate surface area is 118 Å². The molecular weight excluding hydrogens is 282 g/mol. The number of aromatic nitrogens is 1. The van der Waals surface area contributed by atoms with Crippen LogP contribution in [0.3, 0.4) is 0 Å². The van der Waals surface area contributed by atoms with Gasteiger partial charge in [0.05, 0.1) is 10.2 Å². The van der Waals surface area contributed by atoms with Gasteiger partial charge in [0.1, 0.15) is 0 Å². The zero-order valence-electron chi connectivity index (χ0n) is 10.4. The van der Waals surface area contributed by atoms with Gasteiger partial charge in [-0.1, -0.05) is 11.3 Å². The average molecular weight is 295 g/mol. The Hall–Kier alpha value is -2.19. The Bertz CT molecular complexity index is 655. The van der Waals surface area contributed by atoms with Crippen molar-refractivity contribution in [1.29, 1.82) is 0 Å². The van der Waals surface area contributed by atoms with E-state index in [1.807, 2.05) is 0 Å². The molecular formula is C12H13N3O4S. The first kappa shape index (κ1) is 14.2. The van der Waals surface area contributed by atoms with E-state index in [0.29, 0.717) is 10.7 Å². The summed E-state index contributed by atoms with van der Waals surface area (Å²) < 4.78 is 0.806. The van der Waals surface area contributed by atoms with Gasteiger partial charge in [0.15, 0.2) is 11.2 Å². The number of carbonyl (C=O) groups is 2. The summed E-state index contributed by atoms with van der Waals surface area (Å²) in [6.45, 7) is 0.0785. The summed E-state index contributed by atoms with van der Waals surface area (Å²) in [4.78, 5) is 26.4. The molecule has 7 nitrogen and oxygen atoms in total. The van der Waals surface area contributed by atoms with Crippen molar-refractivity contribution in [3.05, 3.63) is 23.8 Å². The number of carboxylic acid groups (broad SMARTS) is 1. The number of carbonyl (C=O) groups excluding carboxylic acids is 1. The van der Waals surface area contributed by atoms with Gasteiger partial charge in [-0.15, -0.1) is 0 Å². The van der Waals surface area contributed by atoms with Crippen molar-refractivity contribution >= 4 is 38.6 Å². The molecule has 8 heteroatoms. The lowest BCUT2D eigenvalue weighted by Crippen LogP contribution is -2.30. The molecule has 0 aliphatic rings. The Balaban J connectivity index is 1.98. The second-order valence-corrected chi connectivity index (χ2v) is 5.20. The van der Waals surface area contributed by atoms with Crippen LogP contribution in [0.25, 0.3) is 10.2 Å². The molecule has 106 valence electrons. The van der Waals surface area contributed by atoms with E-state index < -0.39 is 12.1 Å². The number of hydrogen-bond donors (Lipinski definition) is 4. The molecule has 1 aromatic heterocycles. The summed E-state index contributed by atoms with van der Waals surface area (Å²) in [6, 6.07) is 4.99. The standard InChI is InChI=1S/C12H13N3O4S/c13-12-15-7-2-1-6(5-9(7)20-12)10(17)14-4-3-8(16)11(18)19/h1-2,5,8,16H,3-4H2,(H2,13,15)(H,14,17)(H,18,19). The first-order valence-corrected chi connectivity index (χ1v) is 6.64. The number of fused-ring (bicyclic) bond motifs is 1. The van der Waals surface area contributed by atoms with Gasteiger partial charge in [-0.3, -0.25) is 4.79 Å². The lowest BCUT2D eigenvalue weighted by Gasteiger charge is -2.07. The molecule has 1 unspecified atom stereocenters. The normalized spacial score (nSPS) is 12.2. The number of hydrogen-bond acceptors (Lipinski definition) is 6. The van der Waals surface area contributed by atoms with Crippen LogP contribution in [-0.4, -0.2) is 39.7 Å². The van der Waals surface area contributed by atoms with Crippen LogP contribution < -0.4 is 11.1 Å². The molecule has 0 fully saturated rings. The maximum atomic E-state index is 11.9. The van der Waals surface area contributed by atoms with Crippen LogP contribution in [0.1, 0.15) is 16.8 Å². The van der Waals surface area contributed by atoms with E-state index in [1.165, 1.54) is 11.3 Å². The molecule has 1 atom stereocenters. The first-order chi connectivity index (χ1) is 9.47. The van der Waals surface area contributed by atoms with Crippen LogP contribution in [0.15, 0.2) is 18.2 Å². The second kappa shape index (κ2) is 5.85. The highest BCUT2D eigenvalue weighted by Crippen LogP contribution is 2.24. The van der Waals surface area contributed by atoms with Gasteiger partial charge in [0.25, 0.3) is 5.91 Å². The number of anilines is 1. The number of nitrogens with one attached hydrogen (secondary N) is 1. The van der Waals surface area contributed by atoms with Crippen LogP contribution in [0.4, 0.5) is 5.13 Å². The van der Waals surface area contributed by atoms with Crippen molar-refractivity contribution in [1.82, 2.24) is 10.3 Å². The minimum atomic E-state index is -1.47. The number of thiazole rings is 1. The number of amides is 1. The van der Waals surface area contributed by atoms with Crippen molar-refractivity contribution in [2.24, 2.45) is 0 Å². The maximum Gasteiger partial charge on any atom is 0.332 e. The number of nitrogen functional groups attached to an aromatic ring is 1. The van der Waals surface area contributed by atoms with Gasteiger partial charge in [0, 0.05) is 18.5 Å². The number of aliphatic hydroxyl groups excluding tert-OH is 1. The largest absolute Gasteiger partial charge is 0.479 e. The van der Waals surface area contributed by atoms with Gasteiger partial charge in [-0.25, -0.2) is 9.78 Å². The number of aliphatic carboxylic acids is 1. The summed E-state index contributed by atoms with van der Waals surface area (Å²) in [5.41, 5.74) is 6.75. The smallest absolute Gasteiger partial charge is 0.332 e. The quantitative estimate of drug-likeness (QED) is 0.634. The number of aliphatic hydroxyl groups is 1. The number of rotatable bonds is 5. The third-order valence-electron chi connectivity index (χ3n) is 2.66. The molecule has 1 heterocycles. The Morgan fingerprint density at radius 1 is 1.45 bits per heavy atom. The fourth-order valence-electron chi connectivity index (χ4n) is 1.63. The number of nitrogens with zero attached hydrogens (tertiary/aromatic N) is 1. The Morgan fingerprint density at radius 3 is 2.90 bits per heavy atom. The van der Waals surface area contributed by atoms with Gasteiger partial charge in [-0.2, -0.15) is 0 Å². The second-order valence-electron chi connectivity index (χ2n) is 4.13. The van der Waals surface area contributed by atoms with E-state index in [9.17, 15) is 9.59 Å². The fourth-order valence-corrected chi connectivity index (χ4v) is 2.41. The molecule has 0 spiro atoms. The Morgan fingerprint density at radius 2 is 2.20 bits per heavy atom. The average Bonchev–Trinajstić information content (AvgIpc) is 2.77. The molecule has 5 N–H and O–H groups in total. The minimum Gasteiger partial charge on any atom is -0.479 e. The lowest BCUT2D eigenvalue weighted by atomic mass is 10.2. The highest BCUT2D eigenvalue weighted by Gasteiger charge is 2.14. The van der Waals surface area contributed by atoms with Crippen LogP contribution in [0.2, 0.25) is 0 Å². The van der Waals surface area contributed by atoms with Crippen LogP contribution in [-0.2, 0) is 4.79 Å². The van der Waals surface area contributed by atoms with E-state index in [1.54, 1.807) is 18.2 Å². The molecule has 1 aromatic carbocycles. The zero-order chi connectivity index (χ0) is 14.7. The van der Waals surface area contributed by atoms with E-state index in [0.717, 1.165) is 10.2 Å². The highest BCUT2D eigenvalue weighted by molar-refractivity contribution is 7.22. The molecule has 0 bridgehead atoms. The van der Waals surface area contributed by atoms with E-state index >= 15 is 0 Å². The third kappa shape index (κ3) is 3.22. The molecule has 1 amide bonds. The molecule has 0 aliphatic heterocycles. The van der Waals surface area contributed by atoms with Crippen LogP contribution in [0, 0.1) is 0 Å². The maximum absolute atomic E-state index is 11.9. The highest BCUT2D eigenvalue weighted by atomic mass is 32.1.